The van der Waals surface area contributed by atoms with E-state index in [4.69, 9.17) is 4.74 Å². The number of hydrogen-bond acceptors (Lipinski definition) is 4. The SMILES string of the molecule is CC[C@H]1CN(C(=O)N2CCC(C(=O)NCCN(CC)CC)CC2)c2ccccc2O1. The van der Waals surface area contributed by atoms with Gasteiger partial charge in [0.05, 0.1) is 12.2 Å². The van der Waals surface area contributed by atoms with E-state index in [1.807, 2.05) is 34.1 Å². The van der Waals surface area contributed by atoms with Gasteiger partial charge < -0.3 is 19.9 Å². The third-order valence-electron chi connectivity index (χ3n) is 6.28. The standard InChI is InChI=1S/C23H36N4O3/c1-4-19-17-27(20-9-7-8-10-21(20)30-19)23(29)26-14-11-18(12-15-26)22(28)24-13-16-25(5-2)6-3/h7-10,18-19H,4-6,11-17H2,1-3H3,(H,24,28)/t19-/m0/s1. The maximum Gasteiger partial charge on any atom is 0.324 e. The van der Waals surface area contributed by atoms with Crippen LogP contribution in [0.5, 0.6) is 5.75 Å². The molecule has 2 aliphatic heterocycles. The maximum absolute atomic E-state index is 13.3. The number of likely N-dealkylation sites (N-methyl/N-ethyl adjacent to an activating group) is 1. The smallest absolute Gasteiger partial charge is 0.324 e. The molecule has 1 atom stereocenters. The van der Waals surface area contributed by atoms with Gasteiger partial charge in [-0.15, -0.1) is 0 Å². The Balaban J connectivity index is 1.52. The van der Waals surface area contributed by atoms with Crippen LogP contribution >= 0.6 is 0 Å². The van der Waals surface area contributed by atoms with Crippen LogP contribution in [-0.2, 0) is 4.79 Å². The van der Waals surface area contributed by atoms with Gasteiger partial charge in [0.2, 0.25) is 5.91 Å². The highest BCUT2D eigenvalue weighted by Crippen LogP contribution is 2.34. The van der Waals surface area contributed by atoms with Crippen LogP contribution in [0.15, 0.2) is 24.3 Å². The number of nitrogens with zero attached hydrogens (tertiary/aromatic N) is 3. The third kappa shape index (κ3) is 5.25. The van der Waals surface area contributed by atoms with E-state index in [0.29, 0.717) is 39.0 Å². The highest BCUT2D eigenvalue weighted by molar-refractivity contribution is 5.94. The van der Waals surface area contributed by atoms with Crippen molar-refractivity contribution < 1.29 is 14.3 Å². The van der Waals surface area contributed by atoms with E-state index < -0.39 is 0 Å². The Morgan fingerprint density at radius 2 is 1.83 bits per heavy atom. The third-order valence-corrected chi connectivity index (χ3v) is 6.28. The Hall–Kier alpha value is -2.28. The number of carbonyl (C=O) groups excluding carboxylic acids is 2. The summed E-state index contributed by atoms with van der Waals surface area (Å²) in [5, 5.41) is 3.07. The summed E-state index contributed by atoms with van der Waals surface area (Å²) < 4.78 is 6.00. The van der Waals surface area contributed by atoms with Crippen LogP contribution in [0.1, 0.15) is 40.0 Å². The molecule has 1 aromatic rings. The summed E-state index contributed by atoms with van der Waals surface area (Å²) in [6.07, 6.45) is 2.30. The Bertz CT molecular complexity index is 714. The molecule has 1 aromatic carbocycles. The molecule has 30 heavy (non-hydrogen) atoms. The number of fused-ring (bicyclic) bond motifs is 1. The molecule has 1 fully saturated rings. The molecule has 0 saturated carbocycles. The zero-order valence-electron chi connectivity index (χ0n) is 18.6. The van der Waals surface area contributed by atoms with Crippen molar-refractivity contribution >= 4 is 17.6 Å². The number of anilines is 1. The van der Waals surface area contributed by atoms with Crippen LogP contribution in [0.2, 0.25) is 0 Å². The van der Waals surface area contributed by atoms with Crippen molar-refractivity contribution in [1.82, 2.24) is 15.1 Å². The van der Waals surface area contributed by atoms with Crippen LogP contribution in [0, 0.1) is 5.92 Å². The van der Waals surface area contributed by atoms with Gasteiger partial charge in [0.1, 0.15) is 11.9 Å². The van der Waals surface area contributed by atoms with Crippen molar-refractivity contribution in [3.05, 3.63) is 24.3 Å². The van der Waals surface area contributed by atoms with Gasteiger partial charge in [-0.3, -0.25) is 9.69 Å². The summed E-state index contributed by atoms with van der Waals surface area (Å²) in [5.41, 5.74) is 0.837. The average molecular weight is 417 g/mol. The van der Waals surface area contributed by atoms with Crippen LogP contribution in [0.3, 0.4) is 0 Å². The Morgan fingerprint density at radius 1 is 1.13 bits per heavy atom. The fourth-order valence-electron chi connectivity index (χ4n) is 4.22. The van der Waals surface area contributed by atoms with E-state index in [0.717, 1.165) is 37.5 Å². The number of hydrogen-bond donors (Lipinski definition) is 1. The van der Waals surface area contributed by atoms with E-state index in [1.54, 1.807) is 0 Å². The van der Waals surface area contributed by atoms with Crippen LogP contribution in [0.4, 0.5) is 10.5 Å². The molecule has 1 saturated heterocycles. The monoisotopic (exact) mass is 416 g/mol. The number of benzene rings is 1. The van der Waals surface area contributed by atoms with E-state index in [1.165, 1.54) is 0 Å². The minimum atomic E-state index is -0.00822. The largest absolute Gasteiger partial charge is 0.486 e. The van der Waals surface area contributed by atoms with Gasteiger partial charge in [-0.2, -0.15) is 0 Å². The fourth-order valence-corrected chi connectivity index (χ4v) is 4.22. The predicted molar refractivity (Wildman–Crippen MR) is 119 cm³/mol. The van der Waals surface area contributed by atoms with E-state index >= 15 is 0 Å². The molecule has 0 bridgehead atoms. The number of rotatable bonds is 7. The van der Waals surface area contributed by atoms with Crippen molar-refractivity contribution in [3.8, 4) is 5.75 Å². The van der Waals surface area contributed by atoms with Crippen LogP contribution < -0.4 is 15.0 Å². The van der Waals surface area contributed by atoms with Crippen LogP contribution in [-0.4, -0.2) is 73.7 Å². The normalized spacial score (nSPS) is 19.4. The molecule has 2 aliphatic rings. The first-order valence-corrected chi connectivity index (χ1v) is 11.4. The molecule has 1 N–H and O–H groups in total. The lowest BCUT2D eigenvalue weighted by atomic mass is 9.96. The number of likely N-dealkylation sites (tertiary alicyclic amines) is 1. The Labute approximate surface area is 180 Å². The molecule has 0 spiro atoms. The molecule has 3 rings (SSSR count). The average Bonchev–Trinajstić information content (AvgIpc) is 2.80. The molecule has 0 unspecified atom stereocenters. The number of amides is 3. The Kier molecular flexibility index (Phi) is 7.96. The topological polar surface area (TPSA) is 65.1 Å². The second-order valence-electron chi connectivity index (χ2n) is 8.09. The van der Waals surface area contributed by atoms with Crippen molar-refractivity contribution in [2.45, 2.75) is 46.1 Å². The van der Waals surface area contributed by atoms with Crippen LogP contribution in [0.25, 0.3) is 0 Å². The van der Waals surface area contributed by atoms with Gasteiger partial charge in [-0.25, -0.2) is 4.79 Å². The zero-order chi connectivity index (χ0) is 21.5. The van der Waals surface area contributed by atoms with Crippen molar-refractivity contribution in [2.75, 3.05) is 50.7 Å². The van der Waals surface area contributed by atoms with E-state index in [2.05, 4.69) is 31.0 Å². The molecular formula is C23H36N4O3. The van der Waals surface area contributed by atoms with E-state index in [-0.39, 0.29) is 24.0 Å². The summed E-state index contributed by atoms with van der Waals surface area (Å²) in [6.45, 7) is 11.7. The van der Waals surface area contributed by atoms with Crippen molar-refractivity contribution in [3.63, 3.8) is 0 Å². The highest BCUT2D eigenvalue weighted by atomic mass is 16.5. The quantitative estimate of drug-likeness (QED) is 0.742. The molecule has 7 nitrogen and oxygen atoms in total. The fraction of sp³-hybridized carbons (Fsp3) is 0.652. The van der Waals surface area contributed by atoms with Crippen molar-refractivity contribution in [2.24, 2.45) is 5.92 Å². The molecule has 166 valence electrons. The number of carbonyl (C=O) groups is 2. The molecule has 2 heterocycles. The summed E-state index contributed by atoms with van der Waals surface area (Å²) in [5.74, 6) is 0.884. The molecule has 3 amide bonds. The maximum atomic E-state index is 13.3. The summed E-state index contributed by atoms with van der Waals surface area (Å²) >= 11 is 0. The Morgan fingerprint density at radius 3 is 2.50 bits per heavy atom. The lowest BCUT2D eigenvalue weighted by Gasteiger charge is -2.39. The summed E-state index contributed by atoms with van der Waals surface area (Å²) in [6, 6.07) is 7.75. The molecule has 7 heteroatoms. The predicted octanol–water partition coefficient (Wildman–Crippen LogP) is 2.95. The lowest BCUT2D eigenvalue weighted by Crippen LogP contribution is -2.52. The first-order valence-electron chi connectivity index (χ1n) is 11.4. The van der Waals surface area contributed by atoms with Gasteiger partial charge in [0.25, 0.3) is 0 Å². The number of para-hydroxylation sites is 2. The second-order valence-corrected chi connectivity index (χ2v) is 8.09. The molecule has 0 radical (unpaired) electrons. The number of nitrogens with one attached hydrogen (secondary N) is 1. The lowest BCUT2D eigenvalue weighted by molar-refractivity contribution is -0.126. The van der Waals surface area contributed by atoms with Crippen molar-refractivity contribution in [1.29, 1.82) is 0 Å². The van der Waals surface area contributed by atoms with E-state index in [9.17, 15) is 9.59 Å². The highest BCUT2D eigenvalue weighted by Gasteiger charge is 2.34. The summed E-state index contributed by atoms with van der Waals surface area (Å²) in [7, 11) is 0. The van der Waals surface area contributed by atoms with Gasteiger partial charge in [-0.1, -0.05) is 32.9 Å². The van der Waals surface area contributed by atoms with Gasteiger partial charge in [0.15, 0.2) is 0 Å². The molecular weight excluding hydrogens is 380 g/mol. The molecule has 0 aliphatic carbocycles. The number of piperidine rings is 1. The first kappa shape index (κ1) is 22.4. The van der Waals surface area contributed by atoms with Gasteiger partial charge in [-0.05, 0) is 44.5 Å². The first-order chi connectivity index (χ1) is 14.6. The second kappa shape index (κ2) is 10.7. The summed E-state index contributed by atoms with van der Waals surface area (Å²) in [4.78, 5) is 31.8. The number of ether oxygens (including phenoxy) is 1. The van der Waals surface area contributed by atoms with Gasteiger partial charge in [0, 0.05) is 32.1 Å². The number of urea groups is 1. The zero-order valence-corrected chi connectivity index (χ0v) is 18.6. The minimum absolute atomic E-state index is 0.00822. The minimum Gasteiger partial charge on any atom is -0.486 e. The van der Waals surface area contributed by atoms with Gasteiger partial charge >= 0.3 is 6.03 Å². The molecule has 0 aromatic heterocycles.